The molecule has 1 aliphatic carbocycles. The highest BCUT2D eigenvalue weighted by Crippen LogP contribution is 2.51. The number of amides is 1. The number of thioether (sulfide) groups is 2. The molecule has 0 unspecified atom stereocenters. The van der Waals surface area contributed by atoms with E-state index in [0.29, 0.717) is 18.2 Å². The van der Waals surface area contributed by atoms with E-state index in [1.54, 1.807) is 23.5 Å². The molecule has 2 fully saturated rings. The van der Waals surface area contributed by atoms with Crippen molar-refractivity contribution in [1.82, 2.24) is 4.90 Å². The first-order valence-corrected chi connectivity index (χ1v) is 18.8. The maximum absolute atomic E-state index is 14.0. The van der Waals surface area contributed by atoms with Gasteiger partial charge in [0.05, 0.1) is 17.3 Å². The first-order chi connectivity index (χ1) is 21.5. The summed E-state index contributed by atoms with van der Waals surface area (Å²) in [6.07, 6.45) is 9.65. The fraction of sp³-hybridized carbons (Fsp3) is 0.568. The number of unbranched alkanes of at least 4 members (excludes halogenated alkanes) is 1. The fourth-order valence-electron chi connectivity index (χ4n) is 6.18. The first kappa shape index (κ1) is 34.3. The molecule has 2 heterocycles. The standard InChI is InChI=1S/C37H50ClN3O2S2/c1-8-36(3,4)25-17-19-30(28(23-25)37(5,6)9-2)43-22-14-13-21-39-35-41(27-15-11-10-12-16-27)33(42)32(45-35)34-40(7)29-24-26(38)18-20-31(29)44-34/h17-20,23-24,27H,8-16,21-22H2,1-7H3/b34-32-,39-35?. The number of nitrogens with zero attached hydrogens (tertiary/aromatic N) is 3. The predicted octanol–water partition coefficient (Wildman–Crippen LogP) is 10.5. The summed E-state index contributed by atoms with van der Waals surface area (Å²) in [5.74, 6) is 1.10. The quantitative estimate of drug-likeness (QED) is 0.176. The molecule has 0 spiro atoms. The van der Waals surface area contributed by atoms with E-state index in [9.17, 15) is 4.79 Å². The topological polar surface area (TPSA) is 45.1 Å². The molecule has 2 aromatic rings. The van der Waals surface area contributed by atoms with Crippen molar-refractivity contribution in [3.05, 3.63) is 62.5 Å². The number of carbonyl (C=O) groups excluding carboxylic acids is 1. The Bertz CT molecular complexity index is 1460. The van der Waals surface area contributed by atoms with Crippen LogP contribution in [0.5, 0.6) is 5.75 Å². The van der Waals surface area contributed by atoms with Gasteiger partial charge in [-0.25, -0.2) is 0 Å². The number of anilines is 1. The molecular formula is C37H50ClN3O2S2. The van der Waals surface area contributed by atoms with Crippen molar-refractivity contribution in [3.63, 3.8) is 0 Å². The largest absolute Gasteiger partial charge is 0.493 e. The van der Waals surface area contributed by atoms with Gasteiger partial charge in [-0.1, -0.05) is 96.3 Å². The molecule has 2 aliphatic heterocycles. The Morgan fingerprint density at radius 2 is 1.69 bits per heavy atom. The van der Waals surface area contributed by atoms with Gasteiger partial charge in [0, 0.05) is 35.1 Å². The summed E-state index contributed by atoms with van der Waals surface area (Å²) >= 11 is 9.50. The lowest BCUT2D eigenvalue weighted by molar-refractivity contribution is -0.124. The average molecular weight is 668 g/mol. The molecule has 1 saturated heterocycles. The van der Waals surface area contributed by atoms with Gasteiger partial charge in [0.15, 0.2) is 5.17 Å². The summed E-state index contributed by atoms with van der Waals surface area (Å²) in [6, 6.07) is 13.0. The lowest BCUT2D eigenvalue weighted by Crippen LogP contribution is -2.40. The van der Waals surface area contributed by atoms with Crippen LogP contribution >= 0.6 is 35.1 Å². The number of benzene rings is 2. The van der Waals surface area contributed by atoms with Gasteiger partial charge < -0.3 is 9.64 Å². The lowest BCUT2D eigenvalue weighted by atomic mass is 9.76. The van der Waals surface area contributed by atoms with Crippen molar-refractivity contribution in [2.75, 3.05) is 25.1 Å². The van der Waals surface area contributed by atoms with Crippen molar-refractivity contribution in [2.24, 2.45) is 4.99 Å². The van der Waals surface area contributed by atoms with Crippen LogP contribution in [-0.2, 0) is 15.6 Å². The molecule has 8 heteroatoms. The lowest BCUT2D eigenvalue weighted by Gasteiger charge is -2.30. The molecule has 5 nitrogen and oxygen atoms in total. The second kappa shape index (κ2) is 14.4. The Hall–Kier alpha value is -2.09. The van der Waals surface area contributed by atoms with Gasteiger partial charge in [-0.2, -0.15) is 0 Å². The Balaban J connectivity index is 1.26. The predicted molar refractivity (Wildman–Crippen MR) is 194 cm³/mol. The molecular weight excluding hydrogens is 618 g/mol. The monoisotopic (exact) mass is 667 g/mol. The van der Waals surface area contributed by atoms with Gasteiger partial charge in [-0.15, -0.1) is 0 Å². The van der Waals surface area contributed by atoms with Gasteiger partial charge in [-0.05, 0) is 90.9 Å². The van der Waals surface area contributed by atoms with E-state index in [4.69, 9.17) is 21.3 Å². The molecule has 1 saturated carbocycles. The first-order valence-electron chi connectivity index (χ1n) is 16.8. The molecule has 244 valence electrons. The van der Waals surface area contributed by atoms with Crippen LogP contribution in [-0.4, -0.2) is 42.2 Å². The van der Waals surface area contributed by atoms with E-state index in [1.807, 2.05) is 30.1 Å². The molecule has 45 heavy (non-hydrogen) atoms. The van der Waals surface area contributed by atoms with Crippen LogP contribution in [0.3, 0.4) is 0 Å². The highest BCUT2D eigenvalue weighted by Gasteiger charge is 2.42. The van der Waals surface area contributed by atoms with E-state index in [-0.39, 0.29) is 22.8 Å². The molecule has 0 N–H and O–H groups in total. The van der Waals surface area contributed by atoms with Gasteiger partial charge in [0.2, 0.25) is 0 Å². The van der Waals surface area contributed by atoms with Crippen molar-refractivity contribution >= 4 is 51.9 Å². The number of ether oxygens (including phenoxy) is 1. The SMILES string of the molecule is CCC(C)(C)c1ccc(OCCCCN=C2S/C(=C3\Sc4ccc(Cl)cc4N3C)C(=O)N2C2CCCCC2)c(C(C)(C)CC)c1. The van der Waals surface area contributed by atoms with E-state index >= 15 is 0 Å². The normalized spacial score (nSPS) is 20.4. The smallest absolute Gasteiger partial charge is 0.269 e. The second-order valence-electron chi connectivity index (χ2n) is 13.9. The van der Waals surface area contributed by atoms with Crippen LogP contribution in [0.1, 0.15) is 110 Å². The molecule has 5 rings (SSSR count). The minimum Gasteiger partial charge on any atom is -0.493 e. The minimum absolute atomic E-state index is 0.0431. The maximum atomic E-state index is 14.0. The third-order valence-electron chi connectivity index (χ3n) is 10.1. The highest BCUT2D eigenvalue weighted by molar-refractivity contribution is 8.19. The number of carbonyl (C=O) groups is 1. The van der Waals surface area contributed by atoms with Crippen LogP contribution in [0.2, 0.25) is 5.02 Å². The fourth-order valence-corrected chi connectivity index (χ4v) is 8.73. The Labute approximate surface area is 284 Å². The zero-order valence-electron chi connectivity index (χ0n) is 28.2. The molecule has 1 amide bonds. The summed E-state index contributed by atoms with van der Waals surface area (Å²) < 4.78 is 6.42. The summed E-state index contributed by atoms with van der Waals surface area (Å²) in [6.45, 7) is 15.1. The number of halogens is 1. The summed E-state index contributed by atoms with van der Waals surface area (Å²) in [5, 5.41) is 2.54. The third-order valence-corrected chi connectivity index (χ3v) is 12.7. The molecule has 0 bridgehead atoms. The molecule has 0 atom stereocenters. The molecule has 2 aromatic carbocycles. The molecule has 3 aliphatic rings. The van der Waals surface area contributed by atoms with Gasteiger partial charge in [0.25, 0.3) is 5.91 Å². The van der Waals surface area contributed by atoms with Crippen LogP contribution in [0.4, 0.5) is 5.69 Å². The molecule has 0 radical (unpaired) electrons. The van der Waals surface area contributed by atoms with E-state index in [0.717, 1.165) is 70.0 Å². The van der Waals surface area contributed by atoms with Gasteiger partial charge in [-0.3, -0.25) is 14.7 Å². The van der Waals surface area contributed by atoms with Crippen LogP contribution in [0.15, 0.2) is 56.2 Å². The second-order valence-corrected chi connectivity index (χ2v) is 16.3. The molecule has 0 aromatic heterocycles. The number of hydrogen-bond acceptors (Lipinski definition) is 6. The number of amidine groups is 1. The minimum atomic E-state index is 0.0431. The number of rotatable bonds is 11. The summed E-state index contributed by atoms with van der Waals surface area (Å²) in [7, 11) is 2.02. The summed E-state index contributed by atoms with van der Waals surface area (Å²) in [4.78, 5) is 25.1. The van der Waals surface area contributed by atoms with Crippen LogP contribution in [0, 0.1) is 0 Å². The maximum Gasteiger partial charge on any atom is 0.269 e. The highest BCUT2D eigenvalue weighted by atomic mass is 35.5. The van der Waals surface area contributed by atoms with Crippen LogP contribution in [0.25, 0.3) is 0 Å². The van der Waals surface area contributed by atoms with Gasteiger partial charge >= 0.3 is 0 Å². The zero-order valence-corrected chi connectivity index (χ0v) is 30.6. The van der Waals surface area contributed by atoms with Crippen molar-refractivity contribution in [3.8, 4) is 5.75 Å². The third kappa shape index (κ3) is 7.41. The van der Waals surface area contributed by atoms with Crippen molar-refractivity contribution < 1.29 is 9.53 Å². The number of aliphatic imine (C=N–C) groups is 1. The van der Waals surface area contributed by atoms with E-state index in [1.165, 1.54) is 30.4 Å². The number of fused-ring (bicyclic) bond motifs is 1. The number of hydrogen-bond donors (Lipinski definition) is 0. The Morgan fingerprint density at radius 1 is 0.956 bits per heavy atom. The van der Waals surface area contributed by atoms with E-state index in [2.05, 4.69) is 64.6 Å². The van der Waals surface area contributed by atoms with Crippen molar-refractivity contribution in [1.29, 1.82) is 0 Å². The summed E-state index contributed by atoms with van der Waals surface area (Å²) in [5.41, 5.74) is 3.91. The van der Waals surface area contributed by atoms with E-state index < -0.39 is 0 Å². The van der Waals surface area contributed by atoms with Gasteiger partial charge in [0.1, 0.15) is 10.7 Å². The average Bonchev–Trinajstić information content (AvgIpc) is 3.54. The Kier molecular flexibility index (Phi) is 10.9. The Morgan fingerprint density at radius 3 is 2.40 bits per heavy atom. The van der Waals surface area contributed by atoms with Crippen molar-refractivity contribution in [2.45, 2.75) is 121 Å². The van der Waals surface area contributed by atoms with Crippen LogP contribution < -0.4 is 9.64 Å². The zero-order chi connectivity index (χ0) is 32.4.